The van der Waals surface area contributed by atoms with E-state index < -0.39 is 53.2 Å². The average Bonchev–Trinajstić information content (AvgIpc) is 3.23. The van der Waals surface area contributed by atoms with Crippen LogP contribution in [0.3, 0.4) is 0 Å². The zero-order valence-corrected chi connectivity index (χ0v) is 15.5. The van der Waals surface area contributed by atoms with Crippen LogP contribution in [0.2, 0.25) is 0 Å². The van der Waals surface area contributed by atoms with E-state index in [1.54, 1.807) is 20.8 Å². The van der Waals surface area contributed by atoms with Crippen LogP contribution in [0.1, 0.15) is 33.6 Å². The number of rotatable bonds is 4. The normalized spacial score (nSPS) is 32.9. The van der Waals surface area contributed by atoms with Crippen LogP contribution >= 0.6 is 0 Å². The molecule has 0 aliphatic carbocycles. The van der Waals surface area contributed by atoms with Crippen LogP contribution in [0.4, 0.5) is 4.79 Å². The highest BCUT2D eigenvalue weighted by Crippen LogP contribution is 2.31. The van der Waals surface area contributed by atoms with Gasteiger partial charge in [0.15, 0.2) is 12.2 Å². The Balaban J connectivity index is 1.57. The van der Waals surface area contributed by atoms with Crippen LogP contribution in [0.5, 0.6) is 0 Å². The molecule has 0 unspecified atom stereocenters. The highest BCUT2D eigenvalue weighted by Gasteiger charge is 2.52. The Kier molecular flexibility index (Phi) is 5.43. The van der Waals surface area contributed by atoms with Crippen LogP contribution in [0.15, 0.2) is 0 Å². The van der Waals surface area contributed by atoms with Gasteiger partial charge in [0.05, 0.1) is 13.2 Å². The minimum Gasteiger partial charge on any atom is -0.455 e. The number of amides is 1. The zero-order valence-electron chi connectivity index (χ0n) is 15.5. The lowest BCUT2D eigenvalue weighted by Crippen LogP contribution is -2.46. The molecule has 0 aromatic heterocycles. The summed E-state index contributed by atoms with van der Waals surface area (Å²) in [7, 11) is 0. The Bertz CT molecular complexity index is 605. The van der Waals surface area contributed by atoms with E-state index in [1.807, 2.05) is 0 Å². The number of hydrogen-bond donors (Lipinski definition) is 0. The summed E-state index contributed by atoms with van der Waals surface area (Å²) in [6, 6.07) is -0.730. The Hall–Kier alpha value is -2.14. The minimum absolute atomic E-state index is 0.0160. The molecule has 0 spiro atoms. The number of fused-ring (bicyclic) bond motifs is 1. The summed E-state index contributed by atoms with van der Waals surface area (Å²) in [6.45, 7) is 5.72. The first-order valence-electron chi connectivity index (χ1n) is 8.90. The standard InChI is InChI=1S/C16H24N2O9/c1-16(2,3)26-15(20)17-6-4-5-9(17)14(19)25-10-7-23-13-11(27-18(21)22)8-24-12(10)13/h9-13H,4-8H2,1-3H3/t9-,10-,11+,12+,13+/m0/s1. The van der Waals surface area contributed by atoms with Gasteiger partial charge in [-0.25, -0.2) is 9.59 Å². The molecule has 11 heteroatoms. The van der Waals surface area contributed by atoms with Crippen LogP contribution in [0, 0.1) is 10.1 Å². The van der Waals surface area contributed by atoms with E-state index in [0.29, 0.717) is 19.4 Å². The lowest BCUT2D eigenvalue weighted by molar-refractivity contribution is -0.769. The molecule has 1 amide bonds. The number of esters is 1. The van der Waals surface area contributed by atoms with Gasteiger partial charge in [-0.2, -0.15) is 0 Å². The van der Waals surface area contributed by atoms with Crippen molar-refractivity contribution in [1.82, 2.24) is 4.90 Å². The third-order valence-corrected chi connectivity index (χ3v) is 4.60. The summed E-state index contributed by atoms with van der Waals surface area (Å²) in [5.41, 5.74) is -0.662. The van der Waals surface area contributed by atoms with Gasteiger partial charge in [-0.05, 0) is 33.6 Å². The predicted molar refractivity (Wildman–Crippen MR) is 87.2 cm³/mol. The Morgan fingerprint density at radius 2 is 1.78 bits per heavy atom. The number of nitrogens with zero attached hydrogens (tertiary/aromatic N) is 2. The molecule has 3 fully saturated rings. The molecule has 27 heavy (non-hydrogen) atoms. The maximum atomic E-state index is 12.6. The summed E-state index contributed by atoms with van der Waals surface area (Å²) in [5.74, 6) is -0.560. The van der Waals surface area contributed by atoms with Gasteiger partial charge in [-0.1, -0.05) is 0 Å². The van der Waals surface area contributed by atoms with Crippen LogP contribution in [0.25, 0.3) is 0 Å². The smallest absolute Gasteiger partial charge is 0.411 e. The summed E-state index contributed by atoms with van der Waals surface area (Å²) in [5, 5.41) is 9.62. The fourth-order valence-electron chi connectivity index (χ4n) is 3.51. The molecule has 3 aliphatic heterocycles. The molecule has 3 saturated heterocycles. The lowest BCUT2D eigenvalue weighted by Gasteiger charge is -2.28. The third kappa shape index (κ3) is 4.41. The van der Waals surface area contributed by atoms with Crippen LogP contribution < -0.4 is 0 Å². The van der Waals surface area contributed by atoms with E-state index in [2.05, 4.69) is 4.84 Å². The first-order chi connectivity index (χ1) is 12.7. The van der Waals surface area contributed by atoms with Crippen molar-refractivity contribution in [2.45, 2.75) is 69.7 Å². The second kappa shape index (κ2) is 7.47. The summed E-state index contributed by atoms with van der Waals surface area (Å²) in [6.07, 6.45) is -2.26. The highest BCUT2D eigenvalue weighted by molar-refractivity contribution is 5.82. The number of carbonyl (C=O) groups excluding carboxylic acids is 2. The minimum atomic E-state index is -0.893. The van der Waals surface area contributed by atoms with Gasteiger partial charge in [-0.15, -0.1) is 10.1 Å². The molecule has 11 nitrogen and oxygen atoms in total. The van der Waals surface area contributed by atoms with E-state index in [0.717, 1.165) is 0 Å². The molecule has 0 aromatic carbocycles. The Morgan fingerprint density at radius 3 is 2.41 bits per heavy atom. The van der Waals surface area contributed by atoms with Crippen molar-refractivity contribution in [3.8, 4) is 0 Å². The number of hydrogen-bond acceptors (Lipinski definition) is 9. The number of ether oxygens (including phenoxy) is 4. The Labute approximate surface area is 155 Å². The predicted octanol–water partition coefficient (Wildman–Crippen LogP) is 0.672. The van der Waals surface area contributed by atoms with Crippen molar-refractivity contribution in [3.63, 3.8) is 0 Å². The molecule has 0 aromatic rings. The van der Waals surface area contributed by atoms with Gasteiger partial charge in [-0.3, -0.25) is 4.90 Å². The lowest BCUT2D eigenvalue weighted by atomic mass is 10.1. The van der Waals surface area contributed by atoms with Gasteiger partial charge >= 0.3 is 12.1 Å². The van der Waals surface area contributed by atoms with Gasteiger partial charge in [0, 0.05) is 6.54 Å². The van der Waals surface area contributed by atoms with Crippen molar-refractivity contribution in [3.05, 3.63) is 10.1 Å². The maximum absolute atomic E-state index is 12.6. The quantitative estimate of drug-likeness (QED) is 0.388. The molecule has 5 atom stereocenters. The molecule has 0 bridgehead atoms. The van der Waals surface area contributed by atoms with Crippen molar-refractivity contribution in [1.29, 1.82) is 0 Å². The SMILES string of the molecule is CC(C)(C)OC(=O)N1CCC[C@H]1C(=O)O[C@H]1CO[C@H]2[C@@H]1OC[C@H]2O[N+](=O)[O-]. The summed E-state index contributed by atoms with van der Waals surface area (Å²) in [4.78, 5) is 41.3. The average molecular weight is 388 g/mol. The molecular formula is C16H24N2O9. The van der Waals surface area contributed by atoms with E-state index in [-0.39, 0.29) is 13.2 Å². The van der Waals surface area contributed by atoms with Crippen LogP contribution in [-0.2, 0) is 28.6 Å². The van der Waals surface area contributed by atoms with Crippen molar-refractivity contribution >= 4 is 12.1 Å². The van der Waals surface area contributed by atoms with E-state index in [4.69, 9.17) is 18.9 Å². The molecule has 0 radical (unpaired) electrons. The summed E-state index contributed by atoms with van der Waals surface area (Å²) >= 11 is 0. The van der Waals surface area contributed by atoms with Crippen molar-refractivity contribution in [2.75, 3.05) is 19.8 Å². The zero-order chi connectivity index (χ0) is 19.8. The first kappa shape index (κ1) is 19.6. The van der Waals surface area contributed by atoms with Gasteiger partial charge < -0.3 is 23.8 Å². The fourth-order valence-corrected chi connectivity index (χ4v) is 3.51. The second-order valence-electron chi connectivity index (χ2n) is 7.77. The largest absolute Gasteiger partial charge is 0.455 e. The van der Waals surface area contributed by atoms with Gasteiger partial charge in [0.2, 0.25) is 0 Å². The third-order valence-electron chi connectivity index (χ3n) is 4.60. The van der Waals surface area contributed by atoms with Gasteiger partial charge in [0.25, 0.3) is 5.09 Å². The second-order valence-corrected chi connectivity index (χ2v) is 7.77. The van der Waals surface area contributed by atoms with Crippen LogP contribution in [-0.4, -0.2) is 77.9 Å². The van der Waals surface area contributed by atoms with E-state index in [1.165, 1.54) is 4.90 Å². The molecule has 3 aliphatic rings. The molecule has 0 N–H and O–H groups in total. The van der Waals surface area contributed by atoms with E-state index in [9.17, 15) is 19.7 Å². The summed E-state index contributed by atoms with van der Waals surface area (Å²) < 4.78 is 21.8. The molecule has 0 saturated carbocycles. The molecule has 152 valence electrons. The number of likely N-dealkylation sites (tertiary alicyclic amines) is 1. The van der Waals surface area contributed by atoms with Crippen molar-refractivity contribution in [2.24, 2.45) is 0 Å². The molecule has 3 heterocycles. The van der Waals surface area contributed by atoms with Crippen molar-refractivity contribution < 1.29 is 38.5 Å². The Morgan fingerprint density at radius 1 is 1.15 bits per heavy atom. The topological polar surface area (TPSA) is 127 Å². The van der Waals surface area contributed by atoms with Gasteiger partial charge in [0.1, 0.15) is 23.9 Å². The first-order valence-corrected chi connectivity index (χ1v) is 8.90. The monoisotopic (exact) mass is 388 g/mol. The molecule has 3 rings (SSSR count). The number of carbonyl (C=O) groups is 2. The highest BCUT2D eigenvalue weighted by atomic mass is 17.0. The maximum Gasteiger partial charge on any atom is 0.411 e. The van der Waals surface area contributed by atoms with E-state index >= 15 is 0 Å². The molecular weight excluding hydrogens is 364 g/mol. The fraction of sp³-hybridized carbons (Fsp3) is 0.875.